The molecule has 0 fully saturated rings. The summed E-state index contributed by atoms with van der Waals surface area (Å²) in [4.78, 5) is 33.5. The molecule has 0 spiro atoms. The number of fused-ring (bicyclic) bond motifs is 1. The van der Waals surface area contributed by atoms with E-state index in [1.165, 1.54) is 6.20 Å². The molecule has 1 amide bonds. The first-order chi connectivity index (χ1) is 13.7. The molecule has 29 heavy (non-hydrogen) atoms. The predicted octanol–water partition coefficient (Wildman–Crippen LogP) is 2.75. The first-order valence-electron chi connectivity index (χ1n) is 9.95. The number of rotatable bonds is 4. The number of carbonyl (C=O) groups excluding carboxylic acids is 2. The smallest absolute Gasteiger partial charge is 0.254 e. The summed E-state index contributed by atoms with van der Waals surface area (Å²) in [7, 11) is 0. The third-order valence-electron chi connectivity index (χ3n) is 5.56. The molecule has 2 aliphatic rings. The molecule has 152 valence electrons. The summed E-state index contributed by atoms with van der Waals surface area (Å²) in [6.07, 6.45) is 9.69. The SMILES string of the molecule is Cc1nn(-c2ncc(C(N)=O)c(NC3CC=CCC3)n2)c2c1C(=O)CC(C)(C)C2. The van der Waals surface area contributed by atoms with Gasteiger partial charge in [0.05, 0.1) is 22.5 Å². The van der Waals surface area contributed by atoms with Crippen LogP contribution in [0.15, 0.2) is 18.3 Å². The Morgan fingerprint density at radius 3 is 2.79 bits per heavy atom. The lowest BCUT2D eigenvalue weighted by atomic mass is 9.75. The van der Waals surface area contributed by atoms with Gasteiger partial charge in [-0.1, -0.05) is 26.0 Å². The van der Waals surface area contributed by atoms with Crippen LogP contribution in [0.4, 0.5) is 5.82 Å². The first-order valence-corrected chi connectivity index (χ1v) is 9.95. The quantitative estimate of drug-likeness (QED) is 0.770. The summed E-state index contributed by atoms with van der Waals surface area (Å²) < 4.78 is 1.64. The first kappa shape index (κ1) is 19.3. The number of hydrogen-bond acceptors (Lipinski definition) is 6. The van der Waals surface area contributed by atoms with Crippen LogP contribution in [0.25, 0.3) is 5.95 Å². The van der Waals surface area contributed by atoms with Gasteiger partial charge in [0, 0.05) is 18.7 Å². The van der Waals surface area contributed by atoms with E-state index in [-0.39, 0.29) is 22.8 Å². The maximum atomic E-state index is 12.7. The Balaban J connectivity index is 1.77. The molecule has 0 saturated heterocycles. The molecule has 1 unspecified atom stereocenters. The third kappa shape index (κ3) is 3.66. The maximum Gasteiger partial charge on any atom is 0.254 e. The van der Waals surface area contributed by atoms with E-state index in [4.69, 9.17) is 5.73 Å². The number of nitrogens with two attached hydrogens (primary N) is 1. The van der Waals surface area contributed by atoms with Crippen molar-refractivity contribution in [3.05, 3.63) is 40.9 Å². The van der Waals surface area contributed by atoms with Crippen LogP contribution in [0.2, 0.25) is 0 Å². The molecular weight excluding hydrogens is 368 g/mol. The van der Waals surface area contributed by atoms with Gasteiger partial charge in [-0.3, -0.25) is 9.59 Å². The Kier molecular flexibility index (Phi) is 4.72. The molecule has 2 heterocycles. The zero-order valence-electron chi connectivity index (χ0n) is 17.0. The minimum Gasteiger partial charge on any atom is -0.366 e. The van der Waals surface area contributed by atoms with Gasteiger partial charge in [-0.2, -0.15) is 10.1 Å². The van der Waals surface area contributed by atoms with Crippen molar-refractivity contribution in [2.24, 2.45) is 11.1 Å². The van der Waals surface area contributed by atoms with Crippen molar-refractivity contribution in [1.82, 2.24) is 19.7 Å². The number of primary amides is 1. The zero-order valence-corrected chi connectivity index (χ0v) is 17.0. The average molecular weight is 394 g/mol. The number of amides is 1. The van der Waals surface area contributed by atoms with Gasteiger partial charge in [-0.15, -0.1) is 0 Å². The van der Waals surface area contributed by atoms with Gasteiger partial charge in [0.1, 0.15) is 5.82 Å². The van der Waals surface area contributed by atoms with Crippen LogP contribution in [-0.2, 0) is 6.42 Å². The molecule has 0 saturated carbocycles. The monoisotopic (exact) mass is 394 g/mol. The molecule has 4 rings (SSSR count). The number of carbonyl (C=O) groups is 2. The van der Waals surface area contributed by atoms with Gasteiger partial charge in [0.2, 0.25) is 0 Å². The standard InChI is InChI=1S/C21H26N6O2/c1-12-17-15(9-21(2,3)10-16(17)28)27(26-12)20-23-11-14(18(22)29)19(25-20)24-13-7-5-4-6-8-13/h4-5,11,13H,6-10H2,1-3H3,(H2,22,29)(H,23,24,25). The Labute approximate surface area is 169 Å². The van der Waals surface area contributed by atoms with Crippen molar-refractivity contribution in [2.45, 2.75) is 58.9 Å². The van der Waals surface area contributed by atoms with Crippen LogP contribution in [0.1, 0.15) is 71.6 Å². The van der Waals surface area contributed by atoms with E-state index in [1.807, 2.05) is 6.92 Å². The number of Topliss-reactive ketones (excluding diaryl/α,β-unsaturated/α-hetero) is 1. The van der Waals surface area contributed by atoms with E-state index >= 15 is 0 Å². The summed E-state index contributed by atoms with van der Waals surface area (Å²) in [6.45, 7) is 5.97. The predicted molar refractivity (Wildman–Crippen MR) is 109 cm³/mol. The van der Waals surface area contributed by atoms with Gasteiger partial charge in [0.25, 0.3) is 11.9 Å². The van der Waals surface area contributed by atoms with Crippen molar-refractivity contribution in [3.63, 3.8) is 0 Å². The molecule has 0 radical (unpaired) electrons. The minimum atomic E-state index is -0.583. The highest BCUT2D eigenvalue weighted by Gasteiger charge is 2.36. The molecule has 2 aliphatic carbocycles. The summed E-state index contributed by atoms with van der Waals surface area (Å²) >= 11 is 0. The highest BCUT2D eigenvalue weighted by molar-refractivity contribution is 6.00. The Morgan fingerprint density at radius 1 is 1.31 bits per heavy atom. The highest BCUT2D eigenvalue weighted by Crippen LogP contribution is 2.36. The Hall–Kier alpha value is -3.03. The highest BCUT2D eigenvalue weighted by atomic mass is 16.1. The number of nitrogens with one attached hydrogen (secondary N) is 1. The van der Waals surface area contributed by atoms with Gasteiger partial charge < -0.3 is 11.1 Å². The number of anilines is 1. The van der Waals surface area contributed by atoms with Gasteiger partial charge in [-0.25, -0.2) is 9.67 Å². The fraction of sp³-hybridized carbons (Fsp3) is 0.476. The van der Waals surface area contributed by atoms with E-state index in [0.29, 0.717) is 35.9 Å². The van der Waals surface area contributed by atoms with Crippen molar-refractivity contribution in [1.29, 1.82) is 0 Å². The number of aryl methyl sites for hydroxylation is 1. The van der Waals surface area contributed by atoms with Gasteiger partial charge in [-0.05, 0) is 38.0 Å². The largest absolute Gasteiger partial charge is 0.366 e. The zero-order chi connectivity index (χ0) is 20.8. The summed E-state index contributed by atoms with van der Waals surface area (Å²) in [5, 5.41) is 7.90. The Morgan fingerprint density at radius 2 is 2.10 bits per heavy atom. The van der Waals surface area contributed by atoms with E-state index < -0.39 is 5.91 Å². The van der Waals surface area contributed by atoms with E-state index in [9.17, 15) is 9.59 Å². The number of nitrogens with zero attached hydrogens (tertiary/aromatic N) is 4. The van der Waals surface area contributed by atoms with E-state index in [0.717, 1.165) is 25.0 Å². The van der Waals surface area contributed by atoms with Crippen molar-refractivity contribution < 1.29 is 9.59 Å². The third-order valence-corrected chi connectivity index (χ3v) is 5.56. The molecule has 1 atom stereocenters. The molecule has 0 aliphatic heterocycles. The fourth-order valence-electron chi connectivity index (χ4n) is 4.19. The molecule has 0 bridgehead atoms. The van der Waals surface area contributed by atoms with Crippen molar-refractivity contribution in [2.75, 3.05) is 5.32 Å². The molecule has 2 aromatic heterocycles. The minimum absolute atomic E-state index is 0.0982. The van der Waals surface area contributed by atoms with Crippen molar-refractivity contribution >= 4 is 17.5 Å². The second-order valence-corrected chi connectivity index (χ2v) is 8.68. The normalized spacial score (nSPS) is 20.4. The molecular formula is C21H26N6O2. The van der Waals surface area contributed by atoms with E-state index in [2.05, 4.69) is 46.4 Å². The number of ketones is 1. The number of aromatic nitrogens is 4. The maximum absolute atomic E-state index is 12.7. The Bertz CT molecular complexity index is 1020. The van der Waals surface area contributed by atoms with Crippen LogP contribution < -0.4 is 11.1 Å². The van der Waals surface area contributed by atoms with Crippen molar-refractivity contribution in [3.8, 4) is 5.95 Å². The molecule has 2 aromatic rings. The van der Waals surface area contributed by atoms with Gasteiger partial charge in [0.15, 0.2) is 5.78 Å². The molecule has 0 aromatic carbocycles. The van der Waals surface area contributed by atoms with Crippen LogP contribution >= 0.6 is 0 Å². The average Bonchev–Trinajstić information content (AvgIpc) is 2.97. The van der Waals surface area contributed by atoms with Crippen LogP contribution in [0, 0.1) is 12.3 Å². The molecule has 8 nitrogen and oxygen atoms in total. The lowest BCUT2D eigenvalue weighted by Gasteiger charge is -2.28. The molecule has 8 heteroatoms. The fourth-order valence-corrected chi connectivity index (χ4v) is 4.19. The van der Waals surface area contributed by atoms with E-state index in [1.54, 1.807) is 4.68 Å². The summed E-state index contributed by atoms with van der Waals surface area (Å²) in [5.41, 5.74) is 7.79. The van der Waals surface area contributed by atoms with Gasteiger partial charge >= 0.3 is 0 Å². The molecule has 3 N–H and O–H groups in total. The summed E-state index contributed by atoms with van der Waals surface area (Å²) in [5.74, 6) is 0.256. The van der Waals surface area contributed by atoms with Crippen LogP contribution in [0.3, 0.4) is 0 Å². The topological polar surface area (TPSA) is 116 Å². The lowest BCUT2D eigenvalue weighted by Crippen LogP contribution is -2.29. The second-order valence-electron chi connectivity index (χ2n) is 8.68. The van der Waals surface area contributed by atoms with Crippen LogP contribution in [0.5, 0.6) is 0 Å². The van der Waals surface area contributed by atoms with Crippen LogP contribution in [-0.4, -0.2) is 37.5 Å². The summed E-state index contributed by atoms with van der Waals surface area (Å²) in [6, 6.07) is 0.176. The number of hydrogen-bond donors (Lipinski definition) is 2. The number of allylic oxidation sites excluding steroid dienone is 1. The second kappa shape index (κ2) is 7.09. The lowest BCUT2D eigenvalue weighted by molar-refractivity contribution is 0.0909.